The van der Waals surface area contributed by atoms with E-state index in [1.807, 2.05) is 44.2 Å². The van der Waals surface area contributed by atoms with E-state index in [2.05, 4.69) is 20.8 Å². The van der Waals surface area contributed by atoms with E-state index in [-0.39, 0.29) is 23.7 Å². The van der Waals surface area contributed by atoms with Gasteiger partial charge in [0.15, 0.2) is 0 Å². The van der Waals surface area contributed by atoms with Gasteiger partial charge in [-0.25, -0.2) is 0 Å². The Morgan fingerprint density at radius 2 is 1.96 bits per heavy atom. The minimum absolute atomic E-state index is 0.0253. The van der Waals surface area contributed by atoms with Gasteiger partial charge in [-0.3, -0.25) is 14.9 Å². The van der Waals surface area contributed by atoms with Crippen LogP contribution in [0.15, 0.2) is 30.3 Å². The molecule has 2 amide bonds. The van der Waals surface area contributed by atoms with Crippen molar-refractivity contribution in [3.63, 3.8) is 0 Å². The third-order valence-electron chi connectivity index (χ3n) is 4.42. The number of carbonyl (C=O) groups is 2. The van der Waals surface area contributed by atoms with E-state index in [4.69, 9.17) is 0 Å². The minimum Gasteiger partial charge on any atom is -0.344 e. The third-order valence-corrected chi connectivity index (χ3v) is 5.30. The first-order valence-corrected chi connectivity index (χ1v) is 9.40. The van der Waals surface area contributed by atoms with Gasteiger partial charge in [-0.2, -0.15) is 0 Å². The second-order valence-electron chi connectivity index (χ2n) is 6.41. The SMILES string of the molecule is CCC(C)C(NC(=O)C1CC1)C(=O)Nc1nnc(-c2ccccc2)s1. The molecule has 1 heterocycles. The van der Waals surface area contributed by atoms with E-state index >= 15 is 0 Å². The molecule has 1 aliphatic carbocycles. The van der Waals surface area contributed by atoms with Crippen LogP contribution < -0.4 is 10.6 Å². The predicted octanol–water partition coefficient (Wildman–Crippen LogP) is 3.08. The summed E-state index contributed by atoms with van der Waals surface area (Å²) in [6.07, 6.45) is 2.63. The highest BCUT2D eigenvalue weighted by Crippen LogP contribution is 2.30. The van der Waals surface area contributed by atoms with Crippen molar-refractivity contribution < 1.29 is 9.59 Å². The highest BCUT2D eigenvalue weighted by Gasteiger charge is 2.34. The maximum absolute atomic E-state index is 12.7. The van der Waals surface area contributed by atoms with E-state index in [1.54, 1.807) is 0 Å². The van der Waals surface area contributed by atoms with Gasteiger partial charge in [0.2, 0.25) is 16.9 Å². The number of amides is 2. The van der Waals surface area contributed by atoms with Crippen molar-refractivity contribution >= 4 is 28.3 Å². The second-order valence-corrected chi connectivity index (χ2v) is 7.39. The number of nitrogens with one attached hydrogen (secondary N) is 2. The number of anilines is 1. The molecule has 7 heteroatoms. The van der Waals surface area contributed by atoms with Crippen LogP contribution in [-0.4, -0.2) is 28.1 Å². The molecule has 1 aromatic carbocycles. The molecule has 1 saturated carbocycles. The fraction of sp³-hybridized carbons (Fsp3) is 0.444. The van der Waals surface area contributed by atoms with Crippen LogP contribution in [0.2, 0.25) is 0 Å². The highest BCUT2D eigenvalue weighted by atomic mass is 32.1. The smallest absolute Gasteiger partial charge is 0.249 e. The van der Waals surface area contributed by atoms with Gasteiger partial charge in [0, 0.05) is 11.5 Å². The Kier molecular flexibility index (Phi) is 5.43. The summed E-state index contributed by atoms with van der Waals surface area (Å²) in [6.45, 7) is 3.97. The minimum atomic E-state index is -0.554. The monoisotopic (exact) mass is 358 g/mol. The van der Waals surface area contributed by atoms with Crippen LogP contribution in [0.25, 0.3) is 10.6 Å². The largest absolute Gasteiger partial charge is 0.344 e. The quantitative estimate of drug-likeness (QED) is 0.797. The molecule has 2 aromatic rings. The highest BCUT2D eigenvalue weighted by molar-refractivity contribution is 7.18. The molecule has 25 heavy (non-hydrogen) atoms. The zero-order valence-electron chi connectivity index (χ0n) is 14.4. The van der Waals surface area contributed by atoms with Crippen molar-refractivity contribution in [2.75, 3.05) is 5.32 Å². The Morgan fingerprint density at radius 1 is 1.24 bits per heavy atom. The fourth-order valence-electron chi connectivity index (χ4n) is 2.47. The number of rotatable bonds is 7. The van der Waals surface area contributed by atoms with Crippen molar-refractivity contribution in [2.24, 2.45) is 11.8 Å². The van der Waals surface area contributed by atoms with Gasteiger partial charge in [-0.05, 0) is 18.8 Å². The fourth-order valence-corrected chi connectivity index (χ4v) is 3.22. The molecule has 2 N–H and O–H groups in total. The predicted molar refractivity (Wildman–Crippen MR) is 98.1 cm³/mol. The number of benzene rings is 1. The van der Waals surface area contributed by atoms with Crippen LogP contribution in [0.3, 0.4) is 0 Å². The molecule has 0 aliphatic heterocycles. The lowest BCUT2D eigenvalue weighted by molar-refractivity contribution is -0.128. The molecule has 1 aliphatic rings. The van der Waals surface area contributed by atoms with E-state index in [1.165, 1.54) is 11.3 Å². The average Bonchev–Trinajstić information content (AvgIpc) is 3.39. The van der Waals surface area contributed by atoms with Gasteiger partial charge in [-0.1, -0.05) is 61.9 Å². The van der Waals surface area contributed by atoms with Crippen molar-refractivity contribution in [3.8, 4) is 10.6 Å². The second kappa shape index (κ2) is 7.74. The summed E-state index contributed by atoms with van der Waals surface area (Å²) in [5.41, 5.74) is 0.959. The molecule has 6 nitrogen and oxygen atoms in total. The number of hydrogen-bond acceptors (Lipinski definition) is 5. The summed E-state index contributed by atoms with van der Waals surface area (Å²) in [6, 6.07) is 9.14. The molecule has 1 aromatic heterocycles. The maximum atomic E-state index is 12.7. The number of aromatic nitrogens is 2. The summed E-state index contributed by atoms with van der Waals surface area (Å²) in [5, 5.41) is 15.1. The van der Waals surface area contributed by atoms with Crippen molar-refractivity contribution in [1.29, 1.82) is 0 Å². The van der Waals surface area contributed by atoms with Crippen LogP contribution in [0.5, 0.6) is 0 Å². The van der Waals surface area contributed by atoms with E-state index < -0.39 is 6.04 Å². The van der Waals surface area contributed by atoms with Gasteiger partial charge in [0.25, 0.3) is 0 Å². The van der Waals surface area contributed by atoms with Crippen LogP contribution >= 0.6 is 11.3 Å². The zero-order chi connectivity index (χ0) is 17.8. The topological polar surface area (TPSA) is 84.0 Å². The number of hydrogen-bond donors (Lipinski definition) is 2. The summed E-state index contributed by atoms with van der Waals surface area (Å²) >= 11 is 1.32. The van der Waals surface area contributed by atoms with Crippen molar-refractivity contribution in [3.05, 3.63) is 30.3 Å². The summed E-state index contributed by atoms with van der Waals surface area (Å²) in [7, 11) is 0. The summed E-state index contributed by atoms with van der Waals surface area (Å²) in [5.74, 6) is -0.142. The molecule has 1 fully saturated rings. The van der Waals surface area contributed by atoms with Crippen LogP contribution in [0, 0.1) is 11.8 Å². The van der Waals surface area contributed by atoms with Crippen molar-refractivity contribution in [2.45, 2.75) is 39.2 Å². The maximum Gasteiger partial charge on any atom is 0.249 e. The molecule has 0 radical (unpaired) electrons. The van der Waals surface area contributed by atoms with Gasteiger partial charge in [0.1, 0.15) is 11.0 Å². The standard InChI is InChI=1S/C18H22N4O2S/c1-3-11(2)14(19-15(23)12-9-10-12)16(24)20-18-22-21-17(25-18)13-7-5-4-6-8-13/h4-8,11-12,14H,3,9-10H2,1-2H3,(H,19,23)(H,20,22,24). The first-order valence-electron chi connectivity index (χ1n) is 8.58. The first-order chi connectivity index (χ1) is 12.1. The molecular formula is C18H22N4O2S. The van der Waals surface area contributed by atoms with E-state index in [0.29, 0.717) is 5.13 Å². The average molecular weight is 358 g/mol. The Morgan fingerprint density at radius 3 is 2.60 bits per heavy atom. The Labute approximate surface area is 151 Å². The Balaban J connectivity index is 1.68. The molecule has 2 atom stereocenters. The number of nitrogens with zero attached hydrogens (tertiary/aromatic N) is 2. The van der Waals surface area contributed by atoms with Gasteiger partial charge in [-0.15, -0.1) is 10.2 Å². The van der Waals surface area contributed by atoms with Crippen molar-refractivity contribution in [1.82, 2.24) is 15.5 Å². The molecule has 2 unspecified atom stereocenters. The lowest BCUT2D eigenvalue weighted by atomic mass is 9.98. The molecule has 0 saturated heterocycles. The Bertz CT molecular complexity index is 743. The molecule has 0 spiro atoms. The van der Waals surface area contributed by atoms with Gasteiger partial charge < -0.3 is 5.32 Å². The summed E-state index contributed by atoms with van der Waals surface area (Å²) in [4.78, 5) is 24.7. The van der Waals surface area contributed by atoms with Crippen LogP contribution in [-0.2, 0) is 9.59 Å². The normalized spacial score (nSPS) is 16.1. The third kappa shape index (κ3) is 4.42. The van der Waals surface area contributed by atoms with Crippen LogP contribution in [0.1, 0.15) is 33.1 Å². The van der Waals surface area contributed by atoms with E-state index in [9.17, 15) is 9.59 Å². The lowest BCUT2D eigenvalue weighted by Gasteiger charge is -2.22. The zero-order valence-corrected chi connectivity index (χ0v) is 15.2. The number of carbonyl (C=O) groups excluding carboxylic acids is 2. The molecular weight excluding hydrogens is 336 g/mol. The lowest BCUT2D eigenvalue weighted by Crippen LogP contribution is -2.48. The van der Waals surface area contributed by atoms with E-state index in [0.717, 1.165) is 29.8 Å². The van der Waals surface area contributed by atoms with Gasteiger partial charge >= 0.3 is 0 Å². The summed E-state index contributed by atoms with van der Waals surface area (Å²) < 4.78 is 0. The molecule has 3 rings (SSSR count). The first kappa shape index (κ1) is 17.5. The molecule has 0 bridgehead atoms. The van der Waals surface area contributed by atoms with Crippen LogP contribution in [0.4, 0.5) is 5.13 Å². The molecule has 132 valence electrons. The van der Waals surface area contributed by atoms with Gasteiger partial charge in [0.05, 0.1) is 0 Å². The Hall–Kier alpha value is -2.28.